The van der Waals surface area contributed by atoms with Crippen molar-refractivity contribution >= 4 is 17.6 Å². The maximum absolute atomic E-state index is 12.7. The molecule has 100 valence electrons. The summed E-state index contributed by atoms with van der Waals surface area (Å²) in [5.74, 6) is 0.159. The first-order valence-corrected chi connectivity index (χ1v) is 6.01. The molecule has 2 heterocycles. The average molecular weight is 286 g/mol. The number of pyridine rings is 1. The van der Waals surface area contributed by atoms with Crippen LogP contribution in [-0.4, -0.2) is 22.0 Å². The lowest BCUT2D eigenvalue weighted by Gasteiger charge is -2.10. The van der Waals surface area contributed by atoms with E-state index in [-0.39, 0.29) is 10.8 Å². The van der Waals surface area contributed by atoms with Gasteiger partial charge in [0.1, 0.15) is 22.2 Å². The highest BCUT2D eigenvalue weighted by atomic mass is 32.2. The van der Waals surface area contributed by atoms with Crippen LogP contribution in [0, 0.1) is 0 Å². The monoisotopic (exact) mass is 286 g/mol. The SMILES string of the molecule is CNc1cc(C(F)(F)F)cc(Sc2ccncn2)n1. The van der Waals surface area contributed by atoms with Gasteiger partial charge in [-0.3, -0.25) is 0 Å². The van der Waals surface area contributed by atoms with E-state index < -0.39 is 11.7 Å². The molecule has 0 spiro atoms. The van der Waals surface area contributed by atoms with Gasteiger partial charge in [0.2, 0.25) is 0 Å². The topological polar surface area (TPSA) is 50.7 Å². The van der Waals surface area contributed by atoms with Crippen molar-refractivity contribution < 1.29 is 13.2 Å². The Morgan fingerprint density at radius 1 is 1.21 bits per heavy atom. The highest BCUT2D eigenvalue weighted by molar-refractivity contribution is 7.99. The molecule has 0 aromatic carbocycles. The van der Waals surface area contributed by atoms with Gasteiger partial charge in [-0.2, -0.15) is 13.2 Å². The summed E-state index contributed by atoms with van der Waals surface area (Å²) in [7, 11) is 1.52. The molecular weight excluding hydrogens is 277 g/mol. The number of rotatable bonds is 3. The van der Waals surface area contributed by atoms with Crippen LogP contribution in [0.2, 0.25) is 0 Å². The average Bonchev–Trinajstić information content (AvgIpc) is 2.38. The predicted molar refractivity (Wildman–Crippen MR) is 64.9 cm³/mol. The first-order valence-electron chi connectivity index (χ1n) is 5.20. The van der Waals surface area contributed by atoms with Crippen molar-refractivity contribution in [1.82, 2.24) is 15.0 Å². The van der Waals surface area contributed by atoms with Crippen molar-refractivity contribution in [2.45, 2.75) is 16.2 Å². The highest BCUT2D eigenvalue weighted by Crippen LogP contribution is 2.34. The molecule has 0 aliphatic rings. The van der Waals surface area contributed by atoms with Gasteiger partial charge in [-0.25, -0.2) is 15.0 Å². The fourth-order valence-corrected chi connectivity index (χ4v) is 2.07. The molecule has 1 N–H and O–H groups in total. The minimum absolute atomic E-state index is 0.159. The van der Waals surface area contributed by atoms with Gasteiger partial charge in [0, 0.05) is 13.2 Å². The Morgan fingerprint density at radius 3 is 2.58 bits per heavy atom. The summed E-state index contributed by atoms with van der Waals surface area (Å²) in [4.78, 5) is 11.7. The van der Waals surface area contributed by atoms with Gasteiger partial charge in [-0.05, 0) is 30.0 Å². The summed E-state index contributed by atoms with van der Waals surface area (Å²) in [6.45, 7) is 0. The minimum atomic E-state index is -4.41. The maximum Gasteiger partial charge on any atom is 0.416 e. The molecule has 0 fully saturated rings. The Hall–Kier alpha value is -1.83. The van der Waals surface area contributed by atoms with Crippen molar-refractivity contribution in [1.29, 1.82) is 0 Å². The lowest BCUT2D eigenvalue weighted by Crippen LogP contribution is -2.07. The van der Waals surface area contributed by atoms with E-state index in [4.69, 9.17) is 0 Å². The molecule has 0 radical (unpaired) electrons. The van der Waals surface area contributed by atoms with Gasteiger partial charge in [-0.15, -0.1) is 0 Å². The van der Waals surface area contributed by atoms with Gasteiger partial charge >= 0.3 is 6.18 Å². The Bertz CT molecular complexity index is 560. The van der Waals surface area contributed by atoms with Crippen LogP contribution in [0.1, 0.15) is 5.56 Å². The summed E-state index contributed by atoms with van der Waals surface area (Å²) >= 11 is 1.05. The third-order valence-corrected chi connectivity index (χ3v) is 3.02. The van der Waals surface area contributed by atoms with E-state index in [1.165, 1.54) is 19.6 Å². The van der Waals surface area contributed by atoms with Crippen LogP contribution in [0.4, 0.5) is 19.0 Å². The van der Waals surface area contributed by atoms with E-state index in [1.54, 1.807) is 6.07 Å². The van der Waals surface area contributed by atoms with Crippen LogP contribution in [0.25, 0.3) is 0 Å². The molecule has 2 aromatic rings. The lowest BCUT2D eigenvalue weighted by atomic mass is 10.2. The maximum atomic E-state index is 12.7. The van der Waals surface area contributed by atoms with E-state index in [9.17, 15) is 13.2 Å². The first kappa shape index (κ1) is 13.6. The summed E-state index contributed by atoms with van der Waals surface area (Å²) in [6.07, 6.45) is -1.56. The summed E-state index contributed by atoms with van der Waals surface area (Å²) in [6, 6.07) is 3.56. The predicted octanol–water partition coefficient (Wildman–Crippen LogP) is 3.08. The largest absolute Gasteiger partial charge is 0.416 e. The van der Waals surface area contributed by atoms with E-state index in [1.807, 2.05) is 0 Å². The number of nitrogens with zero attached hydrogens (tertiary/aromatic N) is 3. The van der Waals surface area contributed by atoms with E-state index >= 15 is 0 Å². The molecule has 2 aromatic heterocycles. The molecule has 4 nitrogen and oxygen atoms in total. The second-order valence-electron chi connectivity index (χ2n) is 3.48. The van der Waals surface area contributed by atoms with E-state index in [2.05, 4.69) is 20.3 Å². The van der Waals surface area contributed by atoms with Gasteiger partial charge in [-0.1, -0.05) is 0 Å². The number of hydrogen-bond acceptors (Lipinski definition) is 5. The van der Waals surface area contributed by atoms with Gasteiger partial charge in [0.05, 0.1) is 5.56 Å². The molecule has 8 heteroatoms. The highest BCUT2D eigenvalue weighted by Gasteiger charge is 2.31. The number of hydrogen-bond donors (Lipinski definition) is 1. The molecule has 2 rings (SSSR count). The third kappa shape index (κ3) is 3.57. The Labute approximate surface area is 111 Å². The quantitative estimate of drug-likeness (QED) is 0.879. The Balaban J connectivity index is 2.35. The van der Waals surface area contributed by atoms with E-state index in [0.717, 1.165) is 23.9 Å². The fourth-order valence-electron chi connectivity index (χ4n) is 1.30. The number of alkyl halides is 3. The number of nitrogens with one attached hydrogen (secondary N) is 1. The standard InChI is InChI=1S/C11H9F3N4S/c1-15-8-4-7(11(12,13)14)5-10(18-8)19-9-2-3-16-6-17-9/h2-6H,1H3,(H,15,18). The molecule has 0 bridgehead atoms. The number of anilines is 1. The smallest absolute Gasteiger partial charge is 0.373 e. The van der Waals surface area contributed by atoms with Crippen molar-refractivity contribution in [2.24, 2.45) is 0 Å². The van der Waals surface area contributed by atoms with Crippen LogP contribution in [0.3, 0.4) is 0 Å². The summed E-state index contributed by atoms with van der Waals surface area (Å²) in [5, 5.41) is 3.36. The van der Waals surface area contributed by atoms with Crippen molar-refractivity contribution in [3.05, 3.63) is 36.3 Å². The first-order chi connectivity index (χ1) is 8.99. The molecule has 19 heavy (non-hydrogen) atoms. The molecule has 0 saturated carbocycles. The second-order valence-corrected chi connectivity index (χ2v) is 4.52. The zero-order valence-electron chi connectivity index (χ0n) is 9.77. The van der Waals surface area contributed by atoms with Gasteiger partial charge in [0.15, 0.2) is 0 Å². The zero-order valence-corrected chi connectivity index (χ0v) is 10.6. The number of halogens is 3. The van der Waals surface area contributed by atoms with Gasteiger partial charge in [0.25, 0.3) is 0 Å². The van der Waals surface area contributed by atoms with Crippen LogP contribution >= 0.6 is 11.8 Å². The van der Waals surface area contributed by atoms with Crippen LogP contribution in [0.15, 0.2) is 40.8 Å². The van der Waals surface area contributed by atoms with Gasteiger partial charge < -0.3 is 5.32 Å². The Morgan fingerprint density at radius 2 is 2.00 bits per heavy atom. The lowest BCUT2D eigenvalue weighted by molar-refractivity contribution is -0.137. The normalized spacial score (nSPS) is 11.4. The second kappa shape index (κ2) is 5.43. The van der Waals surface area contributed by atoms with Crippen molar-refractivity contribution in [3.63, 3.8) is 0 Å². The van der Waals surface area contributed by atoms with Crippen LogP contribution < -0.4 is 5.32 Å². The summed E-state index contributed by atoms with van der Waals surface area (Å²) < 4.78 is 38.2. The summed E-state index contributed by atoms with van der Waals surface area (Å²) in [5.41, 5.74) is -0.747. The van der Waals surface area contributed by atoms with Crippen LogP contribution in [-0.2, 0) is 6.18 Å². The molecule has 0 saturated heterocycles. The minimum Gasteiger partial charge on any atom is -0.373 e. The third-order valence-electron chi connectivity index (χ3n) is 2.15. The molecule has 0 unspecified atom stereocenters. The van der Waals surface area contributed by atoms with Crippen molar-refractivity contribution in [3.8, 4) is 0 Å². The van der Waals surface area contributed by atoms with Crippen molar-refractivity contribution in [2.75, 3.05) is 12.4 Å². The molecule has 0 amide bonds. The molecular formula is C11H9F3N4S. The number of aromatic nitrogens is 3. The molecule has 0 atom stereocenters. The van der Waals surface area contributed by atoms with E-state index in [0.29, 0.717) is 5.03 Å². The fraction of sp³-hybridized carbons (Fsp3) is 0.182. The molecule has 0 aliphatic heterocycles. The zero-order chi connectivity index (χ0) is 13.9. The van der Waals surface area contributed by atoms with Crippen LogP contribution in [0.5, 0.6) is 0 Å². The molecule has 0 aliphatic carbocycles. The Kier molecular flexibility index (Phi) is 3.89.